The highest BCUT2D eigenvalue weighted by molar-refractivity contribution is 5.03. The molecule has 4 heteroatoms. The molecule has 1 saturated carbocycles. The number of aromatic nitrogens is 2. The molecule has 118 valence electrons. The fourth-order valence-electron chi connectivity index (χ4n) is 3.80. The highest BCUT2D eigenvalue weighted by Crippen LogP contribution is 2.42. The minimum Gasteiger partial charge on any atom is -0.370 e. The molecule has 1 aromatic heterocycles. The van der Waals surface area contributed by atoms with Crippen LogP contribution in [0.3, 0.4) is 0 Å². The average Bonchev–Trinajstić information content (AvgIpc) is 3.09. The first kappa shape index (κ1) is 15.0. The van der Waals surface area contributed by atoms with E-state index in [-0.39, 0.29) is 5.60 Å². The summed E-state index contributed by atoms with van der Waals surface area (Å²) in [4.78, 5) is 0. The zero-order chi connectivity index (χ0) is 14.5. The zero-order valence-corrected chi connectivity index (χ0v) is 13.3. The minimum atomic E-state index is 0.224. The van der Waals surface area contributed by atoms with Gasteiger partial charge in [-0.05, 0) is 38.6 Å². The highest BCUT2D eigenvalue weighted by atomic mass is 16.5. The number of ether oxygens (including phenoxy) is 1. The van der Waals surface area contributed by atoms with E-state index in [9.17, 15) is 0 Å². The van der Waals surface area contributed by atoms with E-state index in [1.54, 1.807) is 0 Å². The third-order valence-corrected chi connectivity index (χ3v) is 4.94. The Kier molecular flexibility index (Phi) is 4.96. The smallest absolute Gasteiger partial charge is 0.0779 e. The van der Waals surface area contributed by atoms with Crippen molar-refractivity contribution in [1.29, 1.82) is 0 Å². The molecule has 4 nitrogen and oxygen atoms in total. The fraction of sp³-hybridized carbons (Fsp3) is 0.824. The van der Waals surface area contributed by atoms with Gasteiger partial charge in [0.25, 0.3) is 0 Å². The molecule has 1 saturated heterocycles. The van der Waals surface area contributed by atoms with Crippen molar-refractivity contribution in [1.82, 2.24) is 15.1 Å². The molecule has 0 amide bonds. The molecule has 2 aliphatic rings. The summed E-state index contributed by atoms with van der Waals surface area (Å²) in [6, 6.07) is 0. The molecule has 0 radical (unpaired) electrons. The summed E-state index contributed by atoms with van der Waals surface area (Å²) in [6.45, 7) is 5.09. The monoisotopic (exact) mass is 291 g/mol. The predicted octanol–water partition coefficient (Wildman–Crippen LogP) is 3.26. The Morgan fingerprint density at radius 2 is 2.19 bits per heavy atom. The third kappa shape index (κ3) is 3.86. The molecule has 1 atom stereocenters. The summed E-state index contributed by atoms with van der Waals surface area (Å²) in [7, 11) is 0. The Bertz CT molecular complexity index is 437. The number of rotatable bonds is 6. The van der Waals surface area contributed by atoms with E-state index in [2.05, 4.69) is 28.2 Å². The first-order chi connectivity index (χ1) is 10.3. The Morgan fingerprint density at radius 3 is 3.00 bits per heavy atom. The lowest BCUT2D eigenvalue weighted by molar-refractivity contribution is -0.0688. The number of hydrogen-bond donors (Lipinski definition) is 1. The molecule has 1 aliphatic heterocycles. The van der Waals surface area contributed by atoms with Gasteiger partial charge in [-0.1, -0.05) is 26.2 Å². The van der Waals surface area contributed by atoms with E-state index in [0.717, 1.165) is 19.6 Å². The van der Waals surface area contributed by atoms with Crippen molar-refractivity contribution in [3.05, 3.63) is 18.0 Å². The van der Waals surface area contributed by atoms with E-state index >= 15 is 0 Å². The topological polar surface area (TPSA) is 39.1 Å². The van der Waals surface area contributed by atoms with Crippen LogP contribution in [-0.4, -0.2) is 28.0 Å². The van der Waals surface area contributed by atoms with E-state index in [0.29, 0.717) is 6.10 Å². The number of hydrogen-bond acceptors (Lipinski definition) is 3. The maximum atomic E-state index is 6.43. The van der Waals surface area contributed by atoms with Crippen molar-refractivity contribution < 1.29 is 4.74 Å². The van der Waals surface area contributed by atoms with Gasteiger partial charge in [0.15, 0.2) is 0 Å². The second-order valence-corrected chi connectivity index (χ2v) is 6.77. The van der Waals surface area contributed by atoms with Crippen LogP contribution in [0.4, 0.5) is 0 Å². The SMILES string of the molecule is CCCNCc1cnn(CC2CCC3(CCCCC3)O2)c1. The van der Waals surface area contributed by atoms with Crippen molar-refractivity contribution in [2.24, 2.45) is 0 Å². The maximum Gasteiger partial charge on any atom is 0.0779 e. The summed E-state index contributed by atoms with van der Waals surface area (Å²) in [6.07, 6.45) is 14.8. The predicted molar refractivity (Wildman–Crippen MR) is 84.1 cm³/mol. The number of nitrogens with zero attached hydrogens (tertiary/aromatic N) is 2. The van der Waals surface area contributed by atoms with Gasteiger partial charge in [-0.2, -0.15) is 5.10 Å². The largest absolute Gasteiger partial charge is 0.370 e. The molecular weight excluding hydrogens is 262 g/mol. The third-order valence-electron chi connectivity index (χ3n) is 4.94. The summed E-state index contributed by atoms with van der Waals surface area (Å²) in [5, 5.41) is 7.91. The van der Waals surface area contributed by atoms with Gasteiger partial charge in [-0.15, -0.1) is 0 Å². The molecule has 1 unspecified atom stereocenters. The summed E-state index contributed by atoms with van der Waals surface area (Å²) >= 11 is 0. The van der Waals surface area contributed by atoms with Gasteiger partial charge in [0.1, 0.15) is 0 Å². The van der Waals surface area contributed by atoms with Crippen molar-refractivity contribution in [3.8, 4) is 0 Å². The molecule has 1 aliphatic carbocycles. The van der Waals surface area contributed by atoms with Crippen LogP contribution in [0.1, 0.15) is 63.9 Å². The Balaban J connectivity index is 1.48. The minimum absolute atomic E-state index is 0.224. The van der Waals surface area contributed by atoms with Crippen LogP contribution in [-0.2, 0) is 17.8 Å². The Morgan fingerprint density at radius 1 is 1.33 bits per heavy atom. The van der Waals surface area contributed by atoms with Crippen LogP contribution < -0.4 is 5.32 Å². The molecule has 1 aromatic rings. The second kappa shape index (κ2) is 6.93. The van der Waals surface area contributed by atoms with Crippen molar-refractivity contribution in [2.75, 3.05) is 6.54 Å². The van der Waals surface area contributed by atoms with Gasteiger partial charge < -0.3 is 10.1 Å². The first-order valence-corrected chi connectivity index (χ1v) is 8.69. The van der Waals surface area contributed by atoms with Crippen LogP contribution >= 0.6 is 0 Å². The lowest BCUT2D eigenvalue weighted by Crippen LogP contribution is -2.32. The summed E-state index contributed by atoms with van der Waals surface area (Å²) < 4.78 is 8.49. The van der Waals surface area contributed by atoms with Crippen LogP contribution in [0, 0.1) is 0 Å². The highest BCUT2D eigenvalue weighted by Gasteiger charge is 2.40. The van der Waals surface area contributed by atoms with Gasteiger partial charge in [0.05, 0.1) is 24.4 Å². The van der Waals surface area contributed by atoms with Gasteiger partial charge >= 0.3 is 0 Å². The molecule has 1 spiro atoms. The zero-order valence-electron chi connectivity index (χ0n) is 13.3. The molecular formula is C17H29N3O. The van der Waals surface area contributed by atoms with Crippen molar-refractivity contribution >= 4 is 0 Å². The Labute approximate surface area is 128 Å². The van der Waals surface area contributed by atoms with E-state index < -0.39 is 0 Å². The molecule has 0 aromatic carbocycles. The van der Waals surface area contributed by atoms with Gasteiger partial charge in [-0.3, -0.25) is 4.68 Å². The van der Waals surface area contributed by atoms with Crippen molar-refractivity contribution in [2.45, 2.75) is 83.1 Å². The lowest BCUT2D eigenvalue weighted by atomic mass is 9.83. The first-order valence-electron chi connectivity index (χ1n) is 8.69. The molecule has 1 N–H and O–H groups in total. The quantitative estimate of drug-likeness (QED) is 0.818. The van der Waals surface area contributed by atoms with Gasteiger partial charge in [0, 0.05) is 18.3 Å². The number of nitrogens with one attached hydrogen (secondary N) is 1. The standard InChI is InChI=1S/C17H29N3O/c1-2-10-18-11-15-12-19-20(13-15)14-16-6-9-17(21-16)7-4-3-5-8-17/h12-13,16,18H,2-11,14H2,1H3. The molecule has 3 rings (SSSR count). The Hall–Kier alpha value is -0.870. The van der Waals surface area contributed by atoms with E-state index in [1.807, 2.05) is 6.20 Å². The van der Waals surface area contributed by atoms with Gasteiger partial charge in [0.2, 0.25) is 0 Å². The molecule has 0 bridgehead atoms. The van der Waals surface area contributed by atoms with Crippen molar-refractivity contribution in [3.63, 3.8) is 0 Å². The van der Waals surface area contributed by atoms with Crippen LogP contribution in [0.15, 0.2) is 12.4 Å². The van der Waals surface area contributed by atoms with E-state index in [4.69, 9.17) is 4.74 Å². The summed E-state index contributed by atoms with van der Waals surface area (Å²) in [5.74, 6) is 0. The molecule has 2 heterocycles. The van der Waals surface area contributed by atoms with Crippen LogP contribution in [0.5, 0.6) is 0 Å². The average molecular weight is 291 g/mol. The van der Waals surface area contributed by atoms with Crippen LogP contribution in [0.2, 0.25) is 0 Å². The lowest BCUT2D eigenvalue weighted by Gasteiger charge is -2.33. The molecule has 21 heavy (non-hydrogen) atoms. The second-order valence-electron chi connectivity index (χ2n) is 6.77. The summed E-state index contributed by atoms with van der Waals surface area (Å²) in [5.41, 5.74) is 1.50. The fourth-order valence-corrected chi connectivity index (χ4v) is 3.80. The van der Waals surface area contributed by atoms with Crippen LogP contribution in [0.25, 0.3) is 0 Å². The maximum absolute atomic E-state index is 6.43. The normalized spacial score (nSPS) is 24.7. The van der Waals surface area contributed by atoms with Gasteiger partial charge in [-0.25, -0.2) is 0 Å². The molecule has 2 fully saturated rings. The van der Waals surface area contributed by atoms with E-state index in [1.165, 1.54) is 56.9 Å².